The molecule has 15 heavy (non-hydrogen) atoms. The minimum absolute atomic E-state index is 0.149. The molecule has 0 bridgehead atoms. The van der Waals surface area contributed by atoms with E-state index in [1.54, 1.807) is 0 Å². The van der Waals surface area contributed by atoms with E-state index in [2.05, 4.69) is 12.2 Å². The summed E-state index contributed by atoms with van der Waals surface area (Å²) in [6.45, 7) is 4.48. The lowest BCUT2D eigenvalue weighted by Gasteiger charge is -2.42. The molecule has 88 valence electrons. The summed E-state index contributed by atoms with van der Waals surface area (Å²) < 4.78 is 27.3. The smallest absolute Gasteiger partial charge is 0.275 e. The Morgan fingerprint density at radius 3 is 2.47 bits per heavy atom. The van der Waals surface area contributed by atoms with E-state index >= 15 is 0 Å². The predicted molar refractivity (Wildman–Crippen MR) is 56.2 cm³/mol. The summed E-state index contributed by atoms with van der Waals surface area (Å²) in [5, 5.41) is 2.78. The number of hydrogen-bond acceptors (Lipinski definition) is 2. The summed E-state index contributed by atoms with van der Waals surface area (Å²) in [5.74, 6) is -1.84. The summed E-state index contributed by atoms with van der Waals surface area (Å²) in [6, 6.07) is -0.522. The van der Waals surface area contributed by atoms with Crippen molar-refractivity contribution in [2.24, 2.45) is 5.92 Å². The molecule has 0 aromatic carbocycles. The van der Waals surface area contributed by atoms with Crippen molar-refractivity contribution in [2.75, 3.05) is 26.2 Å². The van der Waals surface area contributed by atoms with Crippen molar-refractivity contribution < 1.29 is 8.78 Å². The van der Waals surface area contributed by atoms with Gasteiger partial charge in [-0.05, 0) is 44.8 Å². The average Bonchev–Trinajstić information content (AvgIpc) is 2.19. The van der Waals surface area contributed by atoms with Crippen LogP contribution in [0.2, 0.25) is 0 Å². The van der Waals surface area contributed by atoms with Gasteiger partial charge < -0.3 is 5.32 Å². The first kappa shape index (κ1) is 11.3. The number of halogens is 2. The molecule has 1 unspecified atom stereocenters. The fourth-order valence-corrected chi connectivity index (χ4v) is 2.61. The molecule has 2 heterocycles. The second-order valence-electron chi connectivity index (χ2n) is 4.96. The van der Waals surface area contributed by atoms with Crippen LogP contribution in [-0.2, 0) is 0 Å². The molecule has 0 aromatic rings. The van der Waals surface area contributed by atoms with Gasteiger partial charge in [-0.15, -0.1) is 0 Å². The van der Waals surface area contributed by atoms with E-state index in [4.69, 9.17) is 0 Å². The van der Waals surface area contributed by atoms with Crippen molar-refractivity contribution >= 4 is 0 Å². The van der Waals surface area contributed by atoms with E-state index in [9.17, 15) is 8.78 Å². The Morgan fingerprint density at radius 2 is 1.87 bits per heavy atom. The van der Waals surface area contributed by atoms with Crippen molar-refractivity contribution in [1.82, 2.24) is 10.2 Å². The molecule has 0 amide bonds. The first-order chi connectivity index (χ1) is 7.09. The van der Waals surface area contributed by atoms with Crippen LogP contribution in [0.1, 0.15) is 26.2 Å². The molecule has 2 aliphatic rings. The summed E-state index contributed by atoms with van der Waals surface area (Å²) in [4.78, 5) is 2.00. The Labute approximate surface area is 90.0 Å². The Bertz CT molecular complexity index is 213. The molecule has 2 rings (SSSR count). The molecular weight excluding hydrogens is 198 g/mol. The number of rotatable bonds is 1. The first-order valence-electron chi connectivity index (χ1n) is 5.92. The quantitative estimate of drug-likeness (QED) is 0.721. The fraction of sp³-hybridized carbons (Fsp3) is 1.00. The predicted octanol–water partition coefficient (Wildman–Crippen LogP) is 1.72. The molecule has 0 radical (unpaired) electrons. The minimum atomic E-state index is -2.54. The van der Waals surface area contributed by atoms with Crippen molar-refractivity contribution in [3.8, 4) is 0 Å². The Kier molecular flexibility index (Phi) is 3.26. The largest absolute Gasteiger partial charge is 0.311 e. The molecule has 0 saturated carbocycles. The van der Waals surface area contributed by atoms with Gasteiger partial charge in [0.2, 0.25) is 0 Å². The highest BCUT2D eigenvalue weighted by atomic mass is 19.3. The maximum Gasteiger partial charge on any atom is 0.275 e. The number of nitrogens with one attached hydrogen (secondary N) is 1. The molecule has 1 atom stereocenters. The number of nitrogens with zero attached hydrogens (tertiary/aromatic N) is 1. The average molecular weight is 218 g/mol. The van der Waals surface area contributed by atoms with Crippen molar-refractivity contribution in [3.63, 3.8) is 0 Å². The zero-order chi connectivity index (χ0) is 10.9. The Morgan fingerprint density at radius 1 is 1.20 bits per heavy atom. The molecule has 4 heteroatoms. The molecule has 0 spiro atoms. The van der Waals surface area contributed by atoms with Gasteiger partial charge in [0, 0.05) is 0 Å². The van der Waals surface area contributed by atoms with Crippen LogP contribution < -0.4 is 5.32 Å². The molecule has 2 saturated heterocycles. The fourth-order valence-electron chi connectivity index (χ4n) is 2.61. The van der Waals surface area contributed by atoms with Crippen LogP contribution in [0.15, 0.2) is 0 Å². The van der Waals surface area contributed by atoms with Crippen LogP contribution in [0.4, 0.5) is 8.78 Å². The van der Waals surface area contributed by atoms with Gasteiger partial charge in [-0.3, -0.25) is 4.90 Å². The zero-order valence-corrected chi connectivity index (χ0v) is 9.31. The number of hydrogen-bond donors (Lipinski definition) is 1. The van der Waals surface area contributed by atoms with Gasteiger partial charge in [0.25, 0.3) is 5.92 Å². The van der Waals surface area contributed by atoms with Crippen molar-refractivity contribution in [2.45, 2.75) is 38.2 Å². The van der Waals surface area contributed by atoms with E-state index in [-0.39, 0.29) is 6.54 Å². The maximum atomic E-state index is 13.6. The highest BCUT2D eigenvalue weighted by molar-refractivity contribution is 4.92. The van der Waals surface area contributed by atoms with Gasteiger partial charge in [0.15, 0.2) is 0 Å². The standard InChI is InChI=1S/C11H20F2N2/c1-9-3-6-15(7-4-9)10-2-5-14-8-11(10,12)13/h9-10,14H,2-8H2,1H3. The summed E-state index contributed by atoms with van der Waals surface area (Å²) in [7, 11) is 0. The molecule has 0 aliphatic carbocycles. The lowest BCUT2D eigenvalue weighted by Crippen LogP contribution is -2.58. The van der Waals surface area contributed by atoms with E-state index in [1.165, 1.54) is 0 Å². The molecule has 2 fully saturated rings. The van der Waals surface area contributed by atoms with Crippen LogP contribution in [-0.4, -0.2) is 43.0 Å². The lowest BCUT2D eigenvalue weighted by molar-refractivity contribution is -0.101. The molecular formula is C11H20F2N2. The molecule has 0 aromatic heterocycles. The van der Waals surface area contributed by atoms with Crippen LogP contribution in [0.5, 0.6) is 0 Å². The minimum Gasteiger partial charge on any atom is -0.311 e. The number of likely N-dealkylation sites (tertiary alicyclic amines) is 1. The van der Waals surface area contributed by atoms with E-state index in [0.717, 1.165) is 32.5 Å². The third kappa shape index (κ3) is 2.48. The normalized spacial score (nSPS) is 34.2. The topological polar surface area (TPSA) is 15.3 Å². The van der Waals surface area contributed by atoms with Crippen LogP contribution in [0.25, 0.3) is 0 Å². The third-order valence-corrected chi connectivity index (χ3v) is 3.70. The Balaban J connectivity index is 1.96. The Hall–Kier alpha value is -0.220. The van der Waals surface area contributed by atoms with Gasteiger partial charge in [-0.25, -0.2) is 8.78 Å². The van der Waals surface area contributed by atoms with E-state index in [0.29, 0.717) is 12.3 Å². The van der Waals surface area contributed by atoms with Crippen molar-refractivity contribution in [3.05, 3.63) is 0 Å². The zero-order valence-electron chi connectivity index (χ0n) is 9.31. The highest BCUT2D eigenvalue weighted by Gasteiger charge is 2.45. The van der Waals surface area contributed by atoms with Crippen molar-refractivity contribution in [1.29, 1.82) is 0 Å². The first-order valence-corrected chi connectivity index (χ1v) is 5.92. The second kappa shape index (κ2) is 4.34. The summed E-state index contributed by atoms with van der Waals surface area (Å²) >= 11 is 0. The summed E-state index contributed by atoms with van der Waals surface area (Å²) in [5.41, 5.74) is 0. The van der Waals surface area contributed by atoms with E-state index < -0.39 is 12.0 Å². The monoisotopic (exact) mass is 218 g/mol. The molecule has 1 N–H and O–H groups in total. The molecule has 2 aliphatic heterocycles. The molecule has 2 nitrogen and oxygen atoms in total. The second-order valence-corrected chi connectivity index (χ2v) is 4.96. The van der Waals surface area contributed by atoms with Gasteiger partial charge >= 0.3 is 0 Å². The SMILES string of the molecule is CC1CCN(C2CCNCC2(F)F)CC1. The van der Waals surface area contributed by atoms with Gasteiger partial charge in [-0.2, -0.15) is 0 Å². The van der Waals surface area contributed by atoms with Crippen LogP contribution in [0.3, 0.4) is 0 Å². The van der Waals surface area contributed by atoms with Gasteiger partial charge in [0.1, 0.15) is 0 Å². The van der Waals surface area contributed by atoms with E-state index in [1.807, 2.05) is 4.90 Å². The number of piperidine rings is 2. The highest BCUT2D eigenvalue weighted by Crippen LogP contribution is 2.30. The van der Waals surface area contributed by atoms with Gasteiger partial charge in [0.05, 0.1) is 12.6 Å². The number of alkyl halides is 2. The lowest BCUT2D eigenvalue weighted by atomic mass is 9.94. The van der Waals surface area contributed by atoms with Crippen LogP contribution >= 0.6 is 0 Å². The van der Waals surface area contributed by atoms with Crippen LogP contribution in [0, 0.1) is 5.92 Å². The summed E-state index contributed by atoms with van der Waals surface area (Å²) in [6.07, 6.45) is 2.72. The maximum absolute atomic E-state index is 13.6. The third-order valence-electron chi connectivity index (χ3n) is 3.70. The van der Waals surface area contributed by atoms with Gasteiger partial charge in [-0.1, -0.05) is 6.92 Å².